The fourth-order valence-corrected chi connectivity index (χ4v) is 2.62. The highest BCUT2D eigenvalue weighted by Crippen LogP contribution is 2.35. The molecule has 1 atom stereocenters. The molecule has 1 aliphatic heterocycles. The maximum atomic E-state index is 11.6. The first-order chi connectivity index (χ1) is 9.20. The van der Waals surface area contributed by atoms with Crippen LogP contribution in [0.15, 0.2) is 23.1 Å². The largest absolute Gasteiger partial charge is 0.490 e. The highest BCUT2D eigenvalue weighted by Gasteiger charge is 2.17. The second-order valence-corrected chi connectivity index (χ2v) is 5.59. The van der Waals surface area contributed by atoms with Crippen LogP contribution < -0.4 is 9.47 Å². The quantitative estimate of drug-likeness (QED) is 0.627. The maximum absolute atomic E-state index is 11.6. The second-order valence-electron chi connectivity index (χ2n) is 4.17. The first-order valence-corrected chi connectivity index (χ1v) is 7.31. The Kier molecular flexibility index (Phi) is 4.96. The molecule has 0 amide bonds. The Morgan fingerprint density at radius 1 is 1.37 bits per heavy atom. The molecule has 0 saturated carbocycles. The molecule has 0 radical (unpaired) electrons. The van der Waals surface area contributed by atoms with E-state index in [1.54, 1.807) is 0 Å². The zero-order valence-electron chi connectivity index (χ0n) is 11.2. The number of ether oxygens (including phenoxy) is 3. The summed E-state index contributed by atoms with van der Waals surface area (Å²) in [6.07, 6.45) is 0.885. The van der Waals surface area contributed by atoms with Crippen molar-refractivity contribution in [1.82, 2.24) is 0 Å². The van der Waals surface area contributed by atoms with Gasteiger partial charge in [-0.05, 0) is 32.0 Å². The van der Waals surface area contributed by atoms with Crippen LogP contribution in [-0.4, -0.2) is 31.0 Å². The molecule has 0 N–H and O–H groups in total. The van der Waals surface area contributed by atoms with Crippen molar-refractivity contribution < 1.29 is 19.0 Å². The monoisotopic (exact) mass is 282 g/mol. The van der Waals surface area contributed by atoms with Crippen LogP contribution in [0.4, 0.5) is 0 Å². The van der Waals surface area contributed by atoms with Crippen molar-refractivity contribution in [2.75, 3.05) is 19.8 Å². The molecule has 0 saturated heterocycles. The number of benzene rings is 1. The predicted molar refractivity (Wildman–Crippen MR) is 74.0 cm³/mol. The third-order valence-corrected chi connectivity index (χ3v) is 3.72. The van der Waals surface area contributed by atoms with E-state index in [0.717, 1.165) is 22.8 Å². The van der Waals surface area contributed by atoms with Crippen LogP contribution in [0, 0.1) is 0 Å². The van der Waals surface area contributed by atoms with E-state index < -0.39 is 0 Å². The zero-order chi connectivity index (χ0) is 13.7. The minimum absolute atomic E-state index is 0.195. The van der Waals surface area contributed by atoms with E-state index in [2.05, 4.69) is 0 Å². The number of fused-ring (bicyclic) bond motifs is 1. The standard InChI is InChI=1S/C14H18O4S/c1-3-16-14(15)10(2)19-11-5-6-12-13(9-11)18-8-4-7-17-12/h5-6,9-10H,3-4,7-8H2,1-2H3. The van der Waals surface area contributed by atoms with E-state index in [1.165, 1.54) is 11.8 Å². The van der Waals surface area contributed by atoms with E-state index in [-0.39, 0.29) is 11.2 Å². The molecule has 19 heavy (non-hydrogen) atoms. The van der Waals surface area contributed by atoms with Gasteiger partial charge in [-0.1, -0.05) is 0 Å². The fraction of sp³-hybridized carbons (Fsp3) is 0.500. The Morgan fingerprint density at radius 3 is 2.84 bits per heavy atom. The van der Waals surface area contributed by atoms with Gasteiger partial charge in [0.1, 0.15) is 5.25 Å². The average molecular weight is 282 g/mol. The number of hydrogen-bond acceptors (Lipinski definition) is 5. The van der Waals surface area contributed by atoms with Gasteiger partial charge in [0, 0.05) is 11.3 Å². The summed E-state index contributed by atoms with van der Waals surface area (Å²) >= 11 is 1.46. The van der Waals surface area contributed by atoms with E-state index in [0.29, 0.717) is 19.8 Å². The van der Waals surface area contributed by atoms with E-state index >= 15 is 0 Å². The summed E-state index contributed by atoms with van der Waals surface area (Å²) < 4.78 is 16.2. The highest BCUT2D eigenvalue weighted by atomic mass is 32.2. The molecule has 0 bridgehead atoms. The lowest BCUT2D eigenvalue weighted by molar-refractivity contribution is -0.142. The first kappa shape index (κ1) is 14.1. The molecule has 1 aliphatic rings. The van der Waals surface area contributed by atoms with E-state index in [4.69, 9.17) is 14.2 Å². The van der Waals surface area contributed by atoms with Gasteiger partial charge in [0.05, 0.1) is 19.8 Å². The smallest absolute Gasteiger partial charge is 0.319 e. The summed E-state index contributed by atoms with van der Waals surface area (Å²) in [6.45, 7) is 5.40. The number of rotatable bonds is 4. The Morgan fingerprint density at radius 2 is 2.11 bits per heavy atom. The summed E-state index contributed by atoms with van der Waals surface area (Å²) in [5, 5.41) is -0.232. The highest BCUT2D eigenvalue weighted by molar-refractivity contribution is 8.00. The Hall–Kier alpha value is -1.36. The van der Waals surface area contributed by atoms with Gasteiger partial charge in [0.15, 0.2) is 11.5 Å². The summed E-state index contributed by atoms with van der Waals surface area (Å²) in [4.78, 5) is 12.6. The van der Waals surface area contributed by atoms with Gasteiger partial charge >= 0.3 is 5.97 Å². The lowest BCUT2D eigenvalue weighted by Gasteiger charge is -2.12. The molecule has 1 aromatic rings. The Labute approximate surface area is 117 Å². The molecule has 5 heteroatoms. The van der Waals surface area contributed by atoms with Crippen molar-refractivity contribution in [2.24, 2.45) is 0 Å². The topological polar surface area (TPSA) is 44.8 Å². The lowest BCUT2D eigenvalue weighted by Crippen LogP contribution is -2.16. The molecule has 1 aromatic carbocycles. The maximum Gasteiger partial charge on any atom is 0.319 e. The van der Waals surface area contributed by atoms with Gasteiger partial charge in [-0.2, -0.15) is 0 Å². The normalized spacial score (nSPS) is 15.5. The van der Waals surface area contributed by atoms with Crippen molar-refractivity contribution in [3.05, 3.63) is 18.2 Å². The molecule has 4 nitrogen and oxygen atoms in total. The first-order valence-electron chi connectivity index (χ1n) is 6.43. The molecule has 1 unspecified atom stereocenters. The van der Waals surface area contributed by atoms with Gasteiger partial charge in [0.2, 0.25) is 0 Å². The minimum Gasteiger partial charge on any atom is -0.490 e. The van der Waals surface area contributed by atoms with Crippen LogP contribution >= 0.6 is 11.8 Å². The number of thioether (sulfide) groups is 1. The molecule has 0 aliphatic carbocycles. The van der Waals surface area contributed by atoms with Crippen LogP contribution in [0.5, 0.6) is 11.5 Å². The van der Waals surface area contributed by atoms with Crippen molar-refractivity contribution in [2.45, 2.75) is 30.4 Å². The average Bonchev–Trinajstić information content (AvgIpc) is 2.63. The predicted octanol–water partition coefficient (Wildman–Crippen LogP) is 2.89. The van der Waals surface area contributed by atoms with E-state index in [9.17, 15) is 4.79 Å². The molecule has 0 fully saturated rings. The van der Waals surface area contributed by atoms with Crippen molar-refractivity contribution >= 4 is 17.7 Å². The van der Waals surface area contributed by atoms with Crippen molar-refractivity contribution in [3.63, 3.8) is 0 Å². The third kappa shape index (κ3) is 3.80. The van der Waals surface area contributed by atoms with Crippen LogP contribution in [0.3, 0.4) is 0 Å². The van der Waals surface area contributed by atoms with Crippen LogP contribution in [-0.2, 0) is 9.53 Å². The zero-order valence-corrected chi connectivity index (χ0v) is 12.0. The molecule has 104 valence electrons. The summed E-state index contributed by atoms with van der Waals surface area (Å²) in [7, 11) is 0. The van der Waals surface area contributed by atoms with Crippen LogP contribution in [0.2, 0.25) is 0 Å². The third-order valence-electron chi connectivity index (χ3n) is 2.65. The minimum atomic E-state index is -0.232. The molecule has 0 aromatic heterocycles. The van der Waals surface area contributed by atoms with Gasteiger partial charge < -0.3 is 14.2 Å². The van der Waals surface area contributed by atoms with Crippen molar-refractivity contribution in [1.29, 1.82) is 0 Å². The lowest BCUT2D eigenvalue weighted by atomic mass is 10.3. The molecule has 1 heterocycles. The van der Waals surface area contributed by atoms with Gasteiger partial charge in [-0.3, -0.25) is 4.79 Å². The van der Waals surface area contributed by atoms with Gasteiger partial charge in [-0.15, -0.1) is 11.8 Å². The Bertz CT molecular complexity index is 447. The fourth-order valence-electron chi connectivity index (χ4n) is 1.73. The number of carbonyl (C=O) groups excluding carboxylic acids is 1. The van der Waals surface area contributed by atoms with Gasteiger partial charge in [-0.25, -0.2) is 0 Å². The second kappa shape index (κ2) is 6.70. The summed E-state index contributed by atoms with van der Waals surface area (Å²) in [5.41, 5.74) is 0. The van der Waals surface area contributed by atoms with Crippen LogP contribution in [0.25, 0.3) is 0 Å². The number of hydrogen-bond donors (Lipinski definition) is 0. The summed E-state index contributed by atoms with van der Waals surface area (Å²) in [6, 6.07) is 5.75. The molecular formula is C14H18O4S. The number of esters is 1. The molecule has 0 spiro atoms. The molecule has 2 rings (SSSR count). The Balaban J connectivity index is 2.05. The number of carbonyl (C=O) groups is 1. The van der Waals surface area contributed by atoms with E-state index in [1.807, 2.05) is 32.0 Å². The SMILES string of the molecule is CCOC(=O)C(C)Sc1ccc2c(c1)OCCCO2. The summed E-state index contributed by atoms with van der Waals surface area (Å²) in [5.74, 6) is 1.32. The van der Waals surface area contributed by atoms with Crippen molar-refractivity contribution in [3.8, 4) is 11.5 Å². The molecular weight excluding hydrogens is 264 g/mol. The van der Waals surface area contributed by atoms with Crippen LogP contribution in [0.1, 0.15) is 20.3 Å². The van der Waals surface area contributed by atoms with Gasteiger partial charge in [0.25, 0.3) is 0 Å².